The van der Waals surface area contributed by atoms with Crippen molar-refractivity contribution in [2.45, 2.75) is 64.0 Å². The predicted octanol–water partition coefficient (Wildman–Crippen LogP) is 2.09. The third-order valence-corrected chi connectivity index (χ3v) is 4.64. The summed E-state index contributed by atoms with van der Waals surface area (Å²) in [5, 5.41) is 3.80. The first-order valence-electron chi connectivity index (χ1n) is 7.49. The lowest BCUT2D eigenvalue weighted by Crippen LogP contribution is -2.49. The molecule has 2 unspecified atom stereocenters. The number of primary amides is 1. The van der Waals surface area contributed by atoms with Gasteiger partial charge in [-0.2, -0.15) is 0 Å². The number of hydrogen-bond acceptors (Lipinski definition) is 2. The summed E-state index contributed by atoms with van der Waals surface area (Å²) in [6.07, 6.45) is 8.87. The zero-order valence-corrected chi connectivity index (χ0v) is 11.5. The minimum atomic E-state index is -0.267. The highest BCUT2D eigenvalue weighted by Crippen LogP contribution is 2.27. The fourth-order valence-electron chi connectivity index (χ4n) is 3.41. The Morgan fingerprint density at radius 2 is 1.94 bits per heavy atom. The number of carbonyl (C=O) groups excluding carboxylic acids is 1. The van der Waals surface area contributed by atoms with Crippen LogP contribution in [0.5, 0.6) is 0 Å². The van der Waals surface area contributed by atoms with Gasteiger partial charge in [-0.1, -0.05) is 26.2 Å². The normalized spacial score (nSPS) is 30.4. The molecule has 2 atom stereocenters. The molecule has 4 nitrogen and oxygen atoms in total. The van der Waals surface area contributed by atoms with Crippen LogP contribution in [-0.2, 0) is 0 Å². The zero-order valence-electron chi connectivity index (χ0n) is 11.5. The number of likely N-dealkylation sites (tertiary alicyclic amines) is 1. The molecule has 104 valence electrons. The van der Waals surface area contributed by atoms with Crippen molar-refractivity contribution in [3.8, 4) is 0 Å². The second-order valence-corrected chi connectivity index (χ2v) is 5.90. The van der Waals surface area contributed by atoms with E-state index < -0.39 is 0 Å². The molecule has 2 rings (SSSR count). The summed E-state index contributed by atoms with van der Waals surface area (Å²) in [4.78, 5) is 12.8. The monoisotopic (exact) mass is 253 g/mol. The molecule has 0 bridgehead atoms. The van der Waals surface area contributed by atoms with E-state index in [4.69, 9.17) is 5.73 Å². The van der Waals surface area contributed by atoms with Crippen molar-refractivity contribution in [2.24, 2.45) is 11.7 Å². The zero-order chi connectivity index (χ0) is 13.0. The maximum Gasteiger partial charge on any atom is 0.314 e. The molecule has 0 radical (unpaired) electrons. The largest absolute Gasteiger partial charge is 0.351 e. The van der Waals surface area contributed by atoms with Crippen LogP contribution in [0.3, 0.4) is 0 Å². The molecule has 0 aromatic heterocycles. The molecule has 1 aliphatic heterocycles. The number of rotatable bonds is 3. The van der Waals surface area contributed by atoms with Gasteiger partial charge in [0, 0.05) is 25.2 Å². The van der Waals surface area contributed by atoms with Crippen molar-refractivity contribution in [1.29, 1.82) is 0 Å². The first kappa shape index (κ1) is 13.7. The summed E-state index contributed by atoms with van der Waals surface area (Å²) in [5.41, 5.74) is 5.30. The lowest BCUT2D eigenvalue weighted by atomic mass is 9.83. The van der Waals surface area contributed by atoms with Crippen molar-refractivity contribution < 1.29 is 4.79 Å². The van der Waals surface area contributed by atoms with Crippen LogP contribution in [0, 0.1) is 5.92 Å². The smallest absolute Gasteiger partial charge is 0.314 e. The second kappa shape index (κ2) is 6.41. The number of urea groups is 1. The van der Waals surface area contributed by atoms with Gasteiger partial charge in [-0.05, 0) is 31.6 Å². The van der Waals surface area contributed by atoms with Crippen molar-refractivity contribution in [3.63, 3.8) is 0 Å². The van der Waals surface area contributed by atoms with Crippen LogP contribution in [0.25, 0.3) is 0 Å². The Morgan fingerprint density at radius 3 is 2.56 bits per heavy atom. The first-order valence-corrected chi connectivity index (χ1v) is 7.49. The molecule has 2 aliphatic rings. The van der Waals surface area contributed by atoms with E-state index in [0.717, 1.165) is 31.8 Å². The highest BCUT2D eigenvalue weighted by atomic mass is 16.2. The Bertz CT molecular complexity index is 274. The molecule has 2 fully saturated rings. The van der Waals surface area contributed by atoms with E-state index in [1.165, 1.54) is 32.1 Å². The van der Waals surface area contributed by atoms with Crippen LogP contribution in [0.4, 0.5) is 4.79 Å². The number of nitrogens with two attached hydrogens (primary N) is 1. The van der Waals surface area contributed by atoms with E-state index in [0.29, 0.717) is 12.1 Å². The van der Waals surface area contributed by atoms with Gasteiger partial charge in [0.1, 0.15) is 0 Å². The summed E-state index contributed by atoms with van der Waals surface area (Å²) >= 11 is 0. The Labute approximate surface area is 110 Å². The molecule has 0 spiro atoms. The number of hydrogen-bond donors (Lipinski definition) is 2. The molecule has 3 N–H and O–H groups in total. The summed E-state index contributed by atoms with van der Waals surface area (Å²) < 4.78 is 0. The van der Waals surface area contributed by atoms with Crippen LogP contribution < -0.4 is 11.1 Å². The van der Waals surface area contributed by atoms with Gasteiger partial charge in [0.25, 0.3) is 0 Å². The van der Waals surface area contributed by atoms with Gasteiger partial charge in [0.15, 0.2) is 0 Å². The van der Waals surface area contributed by atoms with Crippen LogP contribution in [0.1, 0.15) is 51.9 Å². The molecule has 0 aromatic rings. The topological polar surface area (TPSA) is 58.4 Å². The summed E-state index contributed by atoms with van der Waals surface area (Å²) in [6, 6.07) is 1.02. The third kappa shape index (κ3) is 3.61. The highest BCUT2D eigenvalue weighted by molar-refractivity contribution is 5.72. The van der Waals surface area contributed by atoms with Crippen LogP contribution in [-0.4, -0.2) is 36.1 Å². The molecular formula is C14H27N3O. The van der Waals surface area contributed by atoms with Gasteiger partial charge >= 0.3 is 6.03 Å². The lowest BCUT2D eigenvalue weighted by Gasteiger charge is -2.36. The fourth-order valence-corrected chi connectivity index (χ4v) is 3.41. The SMILES string of the molecule is CCC1CCCC(NC2CCN(C(N)=O)CC2)C1. The molecule has 1 aliphatic carbocycles. The number of nitrogens with zero attached hydrogens (tertiary/aromatic N) is 1. The lowest BCUT2D eigenvalue weighted by molar-refractivity contribution is 0.175. The van der Waals surface area contributed by atoms with Crippen molar-refractivity contribution >= 4 is 6.03 Å². The van der Waals surface area contributed by atoms with Crippen LogP contribution in [0.2, 0.25) is 0 Å². The quantitative estimate of drug-likeness (QED) is 0.809. The van der Waals surface area contributed by atoms with Gasteiger partial charge in [0.2, 0.25) is 0 Å². The maximum absolute atomic E-state index is 11.1. The van der Waals surface area contributed by atoms with Crippen molar-refractivity contribution in [3.05, 3.63) is 0 Å². The molecule has 1 saturated heterocycles. The van der Waals surface area contributed by atoms with Gasteiger partial charge in [-0.15, -0.1) is 0 Å². The fraction of sp³-hybridized carbons (Fsp3) is 0.929. The summed E-state index contributed by atoms with van der Waals surface area (Å²) in [5.74, 6) is 0.918. The van der Waals surface area contributed by atoms with Gasteiger partial charge in [0.05, 0.1) is 0 Å². The standard InChI is InChI=1S/C14H27N3O/c1-2-11-4-3-5-13(10-11)16-12-6-8-17(9-7-12)14(15)18/h11-13,16H,2-10H2,1H3,(H2,15,18). The third-order valence-electron chi connectivity index (χ3n) is 4.64. The maximum atomic E-state index is 11.1. The molecule has 2 amide bonds. The summed E-state index contributed by atoms with van der Waals surface area (Å²) in [6.45, 7) is 3.94. The molecule has 1 saturated carbocycles. The average molecular weight is 253 g/mol. The molecule has 18 heavy (non-hydrogen) atoms. The Hall–Kier alpha value is -0.770. The Kier molecular flexibility index (Phi) is 4.87. The van der Waals surface area contributed by atoms with E-state index in [-0.39, 0.29) is 6.03 Å². The number of nitrogens with one attached hydrogen (secondary N) is 1. The molecule has 1 heterocycles. The Morgan fingerprint density at radius 1 is 1.22 bits per heavy atom. The highest BCUT2D eigenvalue weighted by Gasteiger charge is 2.26. The second-order valence-electron chi connectivity index (χ2n) is 5.90. The van der Waals surface area contributed by atoms with E-state index in [9.17, 15) is 4.79 Å². The van der Waals surface area contributed by atoms with Gasteiger partial charge in [-0.3, -0.25) is 0 Å². The van der Waals surface area contributed by atoms with Crippen LogP contribution >= 0.6 is 0 Å². The number of amides is 2. The predicted molar refractivity (Wildman–Crippen MR) is 73.4 cm³/mol. The van der Waals surface area contributed by atoms with Gasteiger partial charge < -0.3 is 16.0 Å². The minimum absolute atomic E-state index is 0.267. The van der Waals surface area contributed by atoms with E-state index >= 15 is 0 Å². The van der Waals surface area contributed by atoms with E-state index in [1.807, 2.05) is 0 Å². The van der Waals surface area contributed by atoms with Crippen LogP contribution in [0.15, 0.2) is 0 Å². The number of piperidine rings is 1. The summed E-state index contributed by atoms with van der Waals surface area (Å²) in [7, 11) is 0. The molecular weight excluding hydrogens is 226 g/mol. The van der Waals surface area contributed by atoms with Gasteiger partial charge in [-0.25, -0.2) is 4.79 Å². The molecule has 0 aromatic carbocycles. The molecule has 4 heteroatoms. The van der Waals surface area contributed by atoms with E-state index in [1.54, 1.807) is 4.90 Å². The van der Waals surface area contributed by atoms with Crippen molar-refractivity contribution in [1.82, 2.24) is 10.2 Å². The Balaban J connectivity index is 1.72. The average Bonchev–Trinajstić information content (AvgIpc) is 2.39. The van der Waals surface area contributed by atoms with Crippen molar-refractivity contribution in [2.75, 3.05) is 13.1 Å². The van der Waals surface area contributed by atoms with E-state index in [2.05, 4.69) is 12.2 Å². The minimum Gasteiger partial charge on any atom is -0.351 e. The number of carbonyl (C=O) groups is 1. The first-order chi connectivity index (χ1) is 8.69.